The van der Waals surface area contributed by atoms with Crippen LogP contribution in [0.2, 0.25) is 0 Å². The normalized spacial score (nSPS) is 17.5. The lowest BCUT2D eigenvalue weighted by Gasteiger charge is -2.31. The van der Waals surface area contributed by atoms with Crippen molar-refractivity contribution in [3.05, 3.63) is 24.3 Å². The maximum atomic E-state index is 12.7. The molecule has 2 rings (SSSR count). The highest BCUT2D eigenvalue weighted by Crippen LogP contribution is 2.25. The Morgan fingerprint density at radius 3 is 2.64 bits per heavy atom. The largest absolute Gasteiger partial charge is 0.494 e. The molecule has 0 atom stereocenters. The van der Waals surface area contributed by atoms with Gasteiger partial charge < -0.3 is 10.1 Å². The summed E-state index contributed by atoms with van der Waals surface area (Å²) in [5.41, 5.74) is 0. The van der Waals surface area contributed by atoms with Crippen LogP contribution in [0.3, 0.4) is 0 Å². The van der Waals surface area contributed by atoms with Gasteiger partial charge >= 0.3 is 0 Å². The fraction of sp³-hybridized carbons (Fsp3) is 0.625. The number of piperidine rings is 1. The molecule has 0 aromatic heterocycles. The Morgan fingerprint density at radius 2 is 2.00 bits per heavy atom. The molecule has 124 valence electrons. The first-order valence-corrected chi connectivity index (χ1v) is 9.45. The van der Waals surface area contributed by atoms with E-state index in [1.807, 2.05) is 6.92 Å². The van der Waals surface area contributed by atoms with E-state index in [4.69, 9.17) is 4.74 Å². The van der Waals surface area contributed by atoms with Crippen LogP contribution in [0.1, 0.15) is 26.7 Å². The van der Waals surface area contributed by atoms with Crippen LogP contribution < -0.4 is 10.1 Å². The van der Waals surface area contributed by atoms with Crippen LogP contribution in [-0.4, -0.2) is 45.5 Å². The van der Waals surface area contributed by atoms with Crippen LogP contribution in [-0.2, 0) is 10.0 Å². The minimum Gasteiger partial charge on any atom is -0.494 e. The Kier molecular flexibility index (Phi) is 6.23. The van der Waals surface area contributed by atoms with Crippen molar-refractivity contribution < 1.29 is 13.2 Å². The van der Waals surface area contributed by atoms with Crippen molar-refractivity contribution in [2.75, 3.05) is 32.8 Å². The Morgan fingerprint density at radius 1 is 1.27 bits per heavy atom. The van der Waals surface area contributed by atoms with Gasteiger partial charge in [0.15, 0.2) is 0 Å². The van der Waals surface area contributed by atoms with Gasteiger partial charge in [-0.05, 0) is 50.9 Å². The average Bonchev–Trinajstić information content (AvgIpc) is 2.54. The number of ether oxygens (including phenoxy) is 1. The monoisotopic (exact) mass is 326 g/mol. The summed E-state index contributed by atoms with van der Waals surface area (Å²) in [6, 6.07) is 6.77. The molecule has 1 heterocycles. The van der Waals surface area contributed by atoms with Crippen LogP contribution in [0.15, 0.2) is 29.2 Å². The quantitative estimate of drug-likeness (QED) is 0.833. The Bertz CT molecular complexity index is 567. The van der Waals surface area contributed by atoms with Crippen LogP contribution in [0.5, 0.6) is 5.75 Å². The standard InChI is InChI=1S/C16H26N2O3S/c1-3-17-13-14-8-10-18(11-9-14)22(19,20)16-7-5-6-15(12-16)21-4-2/h5-7,12,14,17H,3-4,8-11,13H2,1-2H3. The van der Waals surface area contributed by atoms with Crippen LogP contribution in [0.25, 0.3) is 0 Å². The summed E-state index contributed by atoms with van der Waals surface area (Å²) in [4.78, 5) is 0.323. The highest BCUT2D eigenvalue weighted by Gasteiger charge is 2.29. The fourth-order valence-corrected chi connectivity index (χ4v) is 4.25. The summed E-state index contributed by atoms with van der Waals surface area (Å²) in [6.07, 6.45) is 1.83. The lowest BCUT2D eigenvalue weighted by molar-refractivity contribution is 0.268. The number of hydrogen-bond acceptors (Lipinski definition) is 4. The molecule has 1 aromatic rings. The molecule has 1 aliphatic rings. The lowest BCUT2D eigenvalue weighted by Crippen LogP contribution is -2.40. The second kappa shape index (κ2) is 7.94. The first-order valence-electron chi connectivity index (χ1n) is 8.01. The maximum Gasteiger partial charge on any atom is 0.243 e. The first kappa shape index (κ1) is 17.2. The number of benzene rings is 1. The van der Waals surface area contributed by atoms with Crippen molar-refractivity contribution in [2.24, 2.45) is 5.92 Å². The van der Waals surface area contributed by atoms with Crippen LogP contribution >= 0.6 is 0 Å². The molecule has 6 heteroatoms. The Hall–Kier alpha value is -1.11. The summed E-state index contributed by atoms with van der Waals surface area (Å²) < 4.78 is 32.4. The molecule has 1 N–H and O–H groups in total. The van der Waals surface area contributed by atoms with Crippen LogP contribution in [0.4, 0.5) is 0 Å². The molecule has 0 unspecified atom stereocenters. The second-order valence-electron chi connectivity index (χ2n) is 5.56. The molecule has 1 fully saturated rings. The van der Waals surface area contributed by atoms with Gasteiger partial charge in [0, 0.05) is 19.2 Å². The van der Waals surface area contributed by atoms with Gasteiger partial charge in [-0.2, -0.15) is 4.31 Å². The number of sulfonamides is 1. The number of nitrogens with one attached hydrogen (secondary N) is 1. The van der Waals surface area contributed by atoms with Gasteiger partial charge in [0.2, 0.25) is 10.0 Å². The van der Waals surface area contributed by atoms with Gasteiger partial charge in [-0.25, -0.2) is 8.42 Å². The molecule has 0 radical (unpaired) electrons. The predicted octanol–water partition coefficient (Wildman–Crippen LogP) is 2.10. The zero-order chi connectivity index (χ0) is 16.0. The molecular weight excluding hydrogens is 300 g/mol. The minimum absolute atomic E-state index is 0.323. The zero-order valence-electron chi connectivity index (χ0n) is 13.4. The van der Waals surface area contributed by atoms with E-state index in [-0.39, 0.29) is 0 Å². The van der Waals surface area contributed by atoms with Gasteiger partial charge in [-0.3, -0.25) is 0 Å². The van der Waals surface area contributed by atoms with Gasteiger partial charge in [-0.15, -0.1) is 0 Å². The molecule has 1 aliphatic heterocycles. The van der Waals surface area contributed by atoms with E-state index in [0.29, 0.717) is 36.3 Å². The summed E-state index contributed by atoms with van der Waals surface area (Å²) >= 11 is 0. The Labute approximate surface area is 133 Å². The smallest absolute Gasteiger partial charge is 0.243 e. The van der Waals surface area contributed by atoms with E-state index >= 15 is 0 Å². The molecule has 0 amide bonds. The van der Waals surface area contributed by atoms with Crippen molar-refractivity contribution in [2.45, 2.75) is 31.6 Å². The molecule has 0 spiro atoms. The second-order valence-corrected chi connectivity index (χ2v) is 7.50. The number of rotatable bonds is 7. The molecule has 1 saturated heterocycles. The van der Waals surface area contributed by atoms with Crippen molar-refractivity contribution in [3.8, 4) is 5.75 Å². The van der Waals surface area contributed by atoms with E-state index in [1.54, 1.807) is 28.6 Å². The molecule has 5 nitrogen and oxygen atoms in total. The molecule has 1 aromatic carbocycles. The van der Waals surface area contributed by atoms with E-state index < -0.39 is 10.0 Å². The van der Waals surface area contributed by atoms with Gasteiger partial charge in [0.25, 0.3) is 0 Å². The highest BCUT2D eigenvalue weighted by molar-refractivity contribution is 7.89. The summed E-state index contributed by atoms with van der Waals surface area (Å²) in [5, 5.41) is 3.34. The molecule has 22 heavy (non-hydrogen) atoms. The third kappa shape index (κ3) is 4.21. The number of hydrogen-bond donors (Lipinski definition) is 1. The summed E-state index contributed by atoms with van der Waals surface area (Å²) in [5.74, 6) is 1.17. The molecule has 0 saturated carbocycles. The van der Waals surface area contributed by atoms with Crippen molar-refractivity contribution in [1.29, 1.82) is 0 Å². The van der Waals surface area contributed by atoms with E-state index in [9.17, 15) is 8.42 Å². The van der Waals surface area contributed by atoms with Gasteiger partial charge in [0.1, 0.15) is 5.75 Å². The lowest BCUT2D eigenvalue weighted by atomic mass is 9.98. The minimum atomic E-state index is -3.41. The topological polar surface area (TPSA) is 58.6 Å². The van der Waals surface area contributed by atoms with E-state index in [2.05, 4.69) is 12.2 Å². The zero-order valence-corrected chi connectivity index (χ0v) is 14.2. The van der Waals surface area contributed by atoms with E-state index in [1.165, 1.54) is 0 Å². The molecule has 0 aliphatic carbocycles. The fourth-order valence-electron chi connectivity index (χ4n) is 2.74. The average molecular weight is 326 g/mol. The van der Waals surface area contributed by atoms with Crippen LogP contribution in [0, 0.1) is 5.92 Å². The van der Waals surface area contributed by atoms with Crippen molar-refractivity contribution >= 4 is 10.0 Å². The summed E-state index contributed by atoms with van der Waals surface area (Å²) in [7, 11) is -3.41. The van der Waals surface area contributed by atoms with E-state index in [0.717, 1.165) is 25.9 Å². The molecular formula is C16H26N2O3S. The maximum absolute atomic E-state index is 12.7. The number of nitrogens with zero attached hydrogens (tertiary/aromatic N) is 1. The predicted molar refractivity (Wildman–Crippen MR) is 87.6 cm³/mol. The third-order valence-electron chi connectivity index (χ3n) is 4.01. The first-order chi connectivity index (χ1) is 10.6. The van der Waals surface area contributed by atoms with Gasteiger partial charge in [0.05, 0.1) is 11.5 Å². The van der Waals surface area contributed by atoms with Gasteiger partial charge in [-0.1, -0.05) is 13.0 Å². The SMILES string of the molecule is CCNCC1CCN(S(=O)(=O)c2cccc(OCC)c2)CC1. The van der Waals surface area contributed by atoms with Crippen molar-refractivity contribution in [1.82, 2.24) is 9.62 Å². The molecule has 0 bridgehead atoms. The van der Waals surface area contributed by atoms with Crippen molar-refractivity contribution in [3.63, 3.8) is 0 Å². The third-order valence-corrected chi connectivity index (χ3v) is 5.91. The summed E-state index contributed by atoms with van der Waals surface area (Å²) in [6.45, 7) is 7.63. The Balaban J connectivity index is 2.03. The highest BCUT2D eigenvalue weighted by atomic mass is 32.2.